The second-order valence-electron chi connectivity index (χ2n) is 15.3. The molecule has 1 fully saturated rings. The Hall–Kier alpha value is -7.14. The van der Waals surface area contributed by atoms with Crippen LogP contribution in [0, 0.1) is 0 Å². The number of carbonyl (C=O) groups is 3. The number of oxime groups is 1. The third-order valence-corrected chi connectivity index (χ3v) is 13.0. The van der Waals surface area contributed by atoms with E-state index in [4.69, 9.17) is 14.6 Å². The average molecular weight is 897 g/mol. The number of anilines is 1. The van der Waals surface area contributed by atoms with Crippen LogP contribution in [0.3, 0.4) is 0 Å². The molecule has 3 atom stereocenters. The fraction of sp³-hybridized carbons (Fsp3) is 0.188. The minimum absolute atomic E-state index is 0.0144. The van der Waals surface area contributed by atoms with Gasteiger partial charge in [-0.05, 0) is 34.7 Å². The van der Waals surface area contributed by atoms with Gasteiger partial charge in [-0.3, -0.25) is 18.9 Å². The molecule has 0 aliphatic carbocycles. The fourth-order valence-electron chi connectivity index (χ4n) is 7.89. The summed E-state index contributed by atoms with van der Waals surface area (Å²) in [5.74, 6) is -1.97. The number of aromatic nitrogens is 1. The normalized spacial score (nSPS) is 18.0. The number of hydrogen-bond acceptors (Lipinski definition) is 12. The molecular weight excluding hydrogens is 853 g/mol. The van der Waals surface area contributed by atoms with Crippen molar-refractivity contribution in [2.24, 2.45) is 5.16 Å². The number of carbonyl (C=O) groups excluding carboxylic acids is 3. The molecule has 1 saturated heterocycles. The zero-order chi connectivity index (χ0) is 44.8. The molecular formula is C48H44N6O8S2. The Balaban J connectivity index is 1.08. The third-order valence-electron chi connectivity index (χ3n) is 11.2. The molecule has 64 heavy (non-hydrogen) atoms. The number of ether oxygens (including phenoxy) is 1. The topological polar surface area (TPSA) is 180 Å². The molecule has 1 aromatic heterocycles. The van der Waals surface area contributed by atoms with Crippen LogP contribution in [-0.2, 0) is 39.8 Å². The Bertz CT molecular complexity index is 2640. The Morgan fingerprint density at radius 3 is 1.83 bits per heavy atom. The number of ketones is 1. The Kier molecular flexibility index (Phi) is 12.7. The number of amides is 2. The second-order valence-corrected chi connectivity index (χ2v) is 17.5. The van der Waals surface area contributed by atoms with E-state index in [1.807, 2.05) is 152 Å². The predicted molar refractivity (Wildman–Crippen MR) is 242 cm³/mol. The second kappa shape index (κ2) is 18.7. The summed E-state index contributed by atoms with van der Waals surface area (Å²) in [6.45, 7) is 1.24. The van der Waals surface area contributed by atoms with Gasteiger partial charge in [0.05, 0.1) is 12.1 Å². The average Bonchev–Trinajstić information content (AvgIpc) is 3.78. The molecule has 3 heterocycles. The minimum atomic E-state index is -4.85. The van der Waals surface area contributed by atoms with E-state index < -0.39 is 51.9 Å². The van der Waals surface area contributed by atoms with Crippen molar-refractivity contribution in [1.29, 1.82) is 0 Å². The number of hydrogen-bond donors (Lipinski definition) is 3. The largest absolute Gasteiger partial charge is 0.476 e. The van der Waals surface area contributed by atoms with Crippen LogP contribution >= 0.6 is 11.3 Å². The lowest BCUT2D eigenvalue weighted by atomic mass is 9.77. The molecule has 1 unspecified atom stereocenters. The molecule has 8 rings (SSSR count). The molecule has 3 N–H and O–H groups in total. The molecule has 2 aliphatic heterocycles. The fourth-order valence-corrected chi connectivity index (χ4v) is 9.53. The van der Waals surface area contributed by atoms with Gasteiger partial charge in [0, 0.05) is 25.0 Å². The smallest absolute Gasteiger partial charge is 0.362 e. The zero-order valence-corrected chi connectivity index (χ0v) is 36.4. The lowest BCUT2D eigenvalue weighted by Gasteiger charge is -2.42. The first kappa shape index (κ1) is 43.5. The lowest BCUT2D eigenvalue weighted by Crippen LogP contribution is -2.71. The number of nitrogens with one attached hydrogen (secondary N) is 2. The molecule has 14 nitrogen and oxygen atoms in total. The van der Waals surface area contributed by atoms with Crippen LogP contribution in [0.5, 0.6) is 0 Å². The van der Waals surface area contributed by atoms with Crippen LogP contribution in [-0.4, -0.2) is 82.2 Å². The molecule has 0 bridgehead atoms. The van der Waals surface area contributed by atoms with Crippen molar-refractivity contribution < 1.29 is 36.9 Å². The molecule has 6 aromatic rings. The third kappa shape index (κ3) is 9.02. The highest BCUT2D eigenvalue weighted by molar-refractivity contribution is 7.84. The van der Waals surface area contributed by atoms with Crippen molar-refractivity contribution in [2.75, 3.05) is 19.0 Å². The van der Waals surface area contributed by atoms with Crippen molar-refractivity contribution in [1.82, 2.24) is 19.5 Å². The highest BCUT2D eigenvalue weighted by atomic mass is 32.2. The van der Waals surface area contributed by atoms with Gasteiger partial charge in [-0.1, -0.05) is 157 Å². The summed E-state index contributed by atoms with van der Waals surface area (Å²) in [7, 11) is -3.07. The van der Waals surface area contributed by atoms with E-state index in [1.165, 1.54) is 18.3 Å². The van der Waals surface area contributed by atoms with Gasteiger partial charge < -0.3 is 25.1 Å². The highest BCUT2D eigenvalue weighted by Crippen LogP contribution is 2.41. The monoisotopic (exact) mass is 896 g/mol. The van der Waals surface area contributed by atoms with E-state index in [9.17, 15) is 27.4 Å². The van der Waals surface area contributed by atoms with Gasteiger partial charge >= 0.3 is 10.3 Å². The quantitative estimate of drug-likeness (QED) is 0.0309. The number of likely N-dealkylation sites (N-methyl/N-ethyl adjacent to an activating group) is 1. The zero-order valence-electron chi connectivity index (χ0n) is 34.7. The highest BCUT2D eigenvalue weighted by Gasteiger charge is 2.52. The number of β-lactam (4-membered cyclic amide) rings is 1. The van der Waals surface area contributed by atoms with E-state index in [0.29, 0.717) is 5.13 Å². The molecule has 2 aliphatic rings. The molecule has 2 amide bonds. The first-order valence-corrected chi connectivity index (χ1v) is 22.7. The maximum Gasteiger partial charge on any atom is 0.362 e. The number of Topliss-reactive ketones (excluding diaryl/α,β-unsaturated/α-hetero) is 1. The van der Waals surface area contributed by atoms with E-state index >= 15 is 0 Å². The summed E-state index contributed by atoms with van der Waals surface area (Å²) >= 11 is 1.21. The first-order chi connectivity index (χ1) is 30.9. The van der Waals surface area contributed by atoms with Crippen LogP contribution in [0.1, 0.15) is 53.0 Å². The van der Waals surface area contributed by atoms with Crippen molar-refractivity contribution >= 4 is 50.1 Å². The van der Waals surface area contributed by atoms with E-state index in [2.05, 4.69) is 15.8 Å². The SMILES string of the molecule is C[C@H]1[C@H](NC(=O)C(=NOCC2CC(=O)C(OC(c3ccccc3)c3ccccc3)=CN2C)c2csc(NC(c3ccccc3)(c3ccccc3)c3ccccc3)n2)C(=O)N1S(=O)(=O)O. The summed E-state index contributed by atoms with van der Waals surface area (Å²) in [5.41, 5.74) is 3.36. The van der Waals surface area contributed by atoms with Crippen LogP contribution in [0.2, 0.25) is 0 Å². The van der Waals surface area contributed by atoms with Crippen molar-refractivity contribution in [3.8, 4) is 0 Å². The van der Waals surface area contributed by atoms with E-state index in [-0.39, 0.29) is 40.3 Å². The van der Waals surface area contributed by atoms with Gasteiger partial charge in [0.15, 0.2) is 16.6 Å². The molecule has 0 radical (unpaired) electrons. The molecule has 326 valence electrons. The number of allylic oxidation sites excluding steroid dienone is 1. The summed E-state index contributed by atoms with van der Waals surface area (Å²) in [4.78, 5) is 53.0. The predicted octanol–water partition coefficient (Wildman–Crippen LogP) is 6.71. The number of rotatable bonds is 16. The Morgan fingerprint density at radius 1 is 0.844 bits per heavy atom. The van der Waals surface area contributed by atoms with Gasteiger partial charge in [-0.15, -0.1) is 11.3 Å². The van der Waals surface area contributed by atoms with Crippen LogP contribution in [0.15, 0.2) is 174 Å². The van der Waals surface area contributed by atoms with E-state index in [0.717, 1.165) is 27.8 Å². The molecule has 16 heteroatoms. The maximum absolute atomic E-state index is 14.1. The molecule has 5 aromatic carbocycles. The van der Waals surface area contributed by atoms with Crippen LogP contribution in [0.4, 0.5) is 5.13 Å². The summed E-state index contributed by atoms with van der Waals surface area (Å²) in [6.07, 6.45) is 1.10. The molecule has 0 spiro atoms. The maximum atomic E-state index is 14.1. The lowest BCUT2D eigenvalue weighted by molar-refractivity contribution is -0.143. The van der Waals surface area contributed by atoms with Gasteiger partial charge in [0.1, 0.15) is 30.0 Å². The van der Waals surface area contributed by atoms with Crippen LogP contribution in [0.25, 0.3) is 0 Å². The first-order valence-electron chi connectivity index (χ1n) is 20.4. The number of nitrogens with zero attached hydrogens (tertiary/aromatic N) is 4. The standard InChI is InChI=1S/C48H44N6O8S2/c1-32-42(46(57)54(32)64(58,59)60)50-45(56)43(52-61-30-38-28-40(55)41(29-53(38)2)62-44(33-18-8-3-9-19-33)34-20-10-4-11-21-34)39-31-63-47(49-39)51-48(35-22-12-5-13-23-35,36-24-14-6-15-25-36)37-26-16-7-17-27-37/h3-27,29,31-32,38,42,44H,28,30H2,1-2H3,(H,49,51)(H,50,56)(H,58,59,60)/t32-,38?,42-/m0/s1. The van der Waals surface area contributed by atoms with Crippen LogP contribution < -0.4 is 10.6 Å². The van der Waals surface area contributed by atoms with E-state index in [1.54, 1.807) is 23.5 Å². The Morgan fingerprint density at radius 2 is 1.34 bits per heavy atom. The minimum Gasteiger partial charge on any atom is -0.476 e. The summed E-state index contributed by atoms with van der Waals surface area (Å²) in [5, 5.41) is 12.5. The number of benzene rings is 5. The molecule has 0 saturated carbocycles. The number of thiazole rings is 1. The Labute approximate surface area is 374 Å². The van der Waals surface area contributed by atoms with Crippen molar-refractivity contribution in [2.45, 2.75) is 43.1 Å². The van der Waals surface area contributed by atoms with Gasteiger partial charge in [-0.2, -0.15) is 8.42 Å². The van der Waals surface area contributed by atoms with Gasteiger partial charge in [0.2, 0.25) is 5.78 Å². The summed E-state index contributed by atoms with van der Waals surface area (Å²) in [6, 6.07) is 46.0. The summed E-state index contributed by atoms with van der Waals surface area (Å²) < 4.78 is 39.9. The van der Waals surface area contributed by atoms with Crippen molar-refractivity contribution in [3.63, 3.8) is 0 Å². The van der Waals surface area contributed by atoms with Gasteiger partial charge in [-0.25, -0.2) is 9.29 Å². The van der Waals surface area contributed by atoms with Gasteiger partial charge in [0.25, 0.3) is 11.8 Å². The van der Waals surface area contributed by atoms with Crippen molar-refractivity contribution in [3.05, 3.63) is 203 Å².